The first kappa shape index (κ1) is 12.6. The van der Waals surface area contributed by atoms with Crippen LogP contribution in [0.2, 0.25) is 5.02 Å². The molecule has 2 aromatic rings. The molecule has 1 aromatic heterocycles. The number of halogens is 2. The maximum atomic E-state index is 13.1. The summed E-state index contributed by atoms with van der Waals surface area (Å²) in [4.78, 5) is 7.24. The van der Waals surface area contributed by atoms with Gasteiger partial charge in [0.25, 0.3) is 0 Å². The van der Waals surface area contributed by atoms with Crippen LogP contribution in [0.1, 0.15) is 25.1 Å². The van der Waals surface area contributed by atoms with Gasteiger partial charge in [-0.2, -0.15) is 5.26 Å². The zero-order chi connectivity index (χ0) is 13.1. The number of hydrogen-bond acceptors (Lipinski definition) is 2. The number of aromatic nitrogens is 2. The van der Waals surface area contributed by atoms with Crippen LogP contribution in [-0.2, 0) is 0 Å². The highest BCUT2D eigenvalue weighted by Gasteiger charge is 2.13. The Labute approximate surface area is 109 Å². The monoisotopic (exact) mass is 263 g/mol. The highest BCUT2D eigenvalue weighted by Crippen LogP contribution is 2.25. The quantitative estimate of drug-likeness (QED) is 0.913. The fraction of sp³-hybridized carbons (Fsp3) is 0.231. The molecule has 1 heterocycles. The van der Waals surface area contributed by atoms with Gasteiger partial charge >= 0.3 is 0 Å². The number of nitrogens with one attached hydrogen (secondary N) is 1. The Bertz CT molecular complexity index is 601. The van der Waals surface area contributed by atoms with Crippen LogP contribution >= 0.6 is 11.6 Å². The lowest BCUT2D eigenvalue weighted by atomic mass is 10.1. The van der Waals surface area contributed by atoms with Crippen molar-refractivity contribution in [2.45, 2.75) is 19.3 Å². The van der Waals surface area contributed by atoms with Crippen molar-refractivity contribution in [2.75, 3.05) is 0 Å². The van der Waals surface area contributed by atoms with Gasteiger partial charge in [-0.1, -0.05) is 18.5 Å². The maximum absolute atomic E-state index is 13.1. The number of nitriles is 1. The van der Waals surface area contributed by atoms with Crippen molar-refractivity contribution in [3.05, 3.63) is 41.1 Å². The summed E-state index contributed by atoms with van der Waals surface area (Å²) in [6, 6.07) is 6.62. The minimum absolute atomic E-state index is 0.0657. The van der Waals surface area contributed by atoms with E-state index >= 15 is 0 Å². The molecule has 0 aliphatic carbocycles. The third kappa shape index (κ3) is 2.36. The van der Waals surface area contributed by atoms with E-state index in [4.69, 9.17) is 16.9 Å². The smallest absolute Gasteiger partial charge is 0.141 e. The standard InChI is InChI=1S/C13H11ClFN3/c1-2-8(6-16)13-17-7-12(18-13)9-3-4-11(15)10(14)5-9/h3-5,7-8H,2H2,1H3,(H,17,18). The summed E-state index contributed by atoms with van der Waals surface area (Å²) in [6.45, 7) is 1.92. The molecule has 0 amide bonds. The molecule has 92 valence electrons. The molecule has 0 saturated heterocycles. The first-order valence-electron chi connectivity index (χ1n) is 5.55. The summed E-state index contributed by atoms with van der Waals surface area (Å²) in [6.07, 6.45) is 2.31. The van der Waals surface area contributed by atoms with Gasteiger partial charge in [-0.15, -0.1) is 0 Å². The van der Waals surface area contributed by atoms with Crippen LogP contribution in [-0.4, -0.2) is 9.97 Å². The van der Waals surface area contributed by atoms with Gasteiger partial charge in [-0.25, -0.2) is 9.37 Å². The van der Waals surface area contributed by atoms with Crippen molar-refractivity contribution >= 4 is 11.6 Å². The third-order valence-corrected chi connectivity index (χ3v) is 3.01. The lowest BCUT2D eigenvalue weighted by molar-refractivity contribution is 0.628. The Kier molecular flexibility index (Phi) is 3.63. The molecule has 0 spiro atoms. The van der Waals surface area contributed by atoms with Crippen LogP contribution < -0.4 is 0 Å². The van der Waals surface area contributed by atoms with E-state index in [9.17, 15) is 4.39 Å². The van der Waals surface area contributed by atoms with E-state index in [1.54, 1.807) is 12.3 Å². The predicted octanol–water partition coefficient (Wildman–Crippen LogP) is 3.89. The number of imidazole rings is 1. The minimum atomic E-state index is -0.455. The number of rotatable bonds is 3. The Balaban J connectivity index is 2.35. The molecule has 1 N–H and O–H groups in total. The van der Waals surface area contributed by atoms with Crippen LogP contribution in [0.3, 0.4) is 0 Å². The number of H-pyrrole nitrogens is 1. The van der Waals surface area contributed by atoms with Crippen LogP contribution in [0.4, 0.5) is 4.39 Å². The number of aromatic amines is 1. The molecule has 1 aromatic carbocycles. The Hall–Kier alpha value is -1.86. The van der Waals surface area contributed by atoms with Crippen LogP contribution in [0.15, 0.2) is 24.4 Å². The summed E-state index contributed by atoms with van der Waals surface area (Å²) < 4.78 is 13.1. The molecule has 0 aliphatic heterocycles. The minimum Gasteiger partial charge on any atom is -0.341 e. The highest BCUT2D eigenvalue weighted by molar-refractivity contribution is 6.31. The first-order valence-corrected chi connectivity index (χ1v) is 5.93. The molecule has 0 bridgehead atoms. The van der Waals surface area contributed by atoms with Crippen molar-refractivity contribution in [3.63, 3.8) is 0 Å². The number of hydrogen-bond donors (Lipinski definition) is 1. The van der Waals surface area contributed by atoms with Crippen LogP contribution in [0.5, 0.6) is 0 Å². The molecule has 0 aliphatic rings. The van der Waals surface area contributed by atoms with Gasteiger partial charge in [0, 0.05) is 5.56 Å². The third-order valence-electron chi connectivity index (χ3n) is 2.72. The van der Waals surface area contributed by atoms with E-state index < -0.39 is 5.82 Å². The van der Waals surface area contributed by atoms with Gasteiger partial charge in [0.05, 0.1) is 23.0 Å². The molecular formula is C13H11ClFN3. The number of benzene rings is 1. The Morgan fingerprint density at radius 1 is 1.56 bits per heavy atom. The topological polar surface area (TPSA) is 52.5 Å². The molecule has 5 heteroatoms. The molecule has 0 saturated carbocycles. The van der Waals surface area contributed by atoms with Gasteiger partial charge in [0.1, 0.15) is 17.6 Å². The molecule has 0 radical (unpaired) electrons. The largest absolute Gasteiger partial charge is 0.341 e. The highest BCUT2D eigenvalue weighted by atomic mass is 35.5. The van der Waals surface area contributed by atoms with E-state index in [0.29, 0.717) is 12.2 Å². The van der Waals surface area contributed by atoms with Crippen molar-refractivity contribution in [2.24, 2.45) is 0 Å². The van der Waals surface area contributed by atoms with E-state index in [2.05, 4.69) is 16.0 Å². The van der Waals surface area contributed by atoms with Crippen molar-refractivity contribution in [3.8, 4) is 17.3 Å². The molecule has 2 rings (SSSR count). The van der Waals surface area contributed by atoms with Gasteiger partial charge in [-0.3, -0.25) is 0 Å². The summed E-state index contributed by atoms with van der Waals surface area (Å²) in [5.74, 6) is -0.0891. The summed E-state index contributed by atoms with van der Waals surface area (Å²) in [7, 11) is 0. The molecule has 0 fully saturated rings. The predicted molar refractivity (Wildman–Crippen MR) is 67.6 cm³/mol. The summed E-state index contributed by atoms with van der Waals surface area (Å²) in [5, 5.41) is 9.02. The second-order valence-electron chi connectivity index (χ2n) is 3.90. The van der Waals surface area contributed by atoms with E-state index in [0.717, 1.165) is 11.3 Å². The van der Waals surface area contributed by atoms with Crippen LogP contribution in [0, 0.1) is 17.1 Å². The summed E-state index contributed by atoms with van der Waals surface area (Å²) >= 11 is 5.73. The van der Waals surface area contributed by atoms with Gasteiger partial charge in [-0.05, 0) is 24.6 Å². The SMILES string of the molecule is CCC(C#N)c1ncc(-c2ccc(F)c(Cl)c2)[nH]1. The number of nitrogens with zero attached hydrogens (tertiary/aromatic N) is 2. The molecule has 1 atom stereocenters. The fourth-order valence-electron chi connectivity index (χ4n) is 1.67. The average molecular weight is 264 g/mol. The van der Waals surface area contributed by atoms with E-state index in [-0.39, 0.29) is 10.9 Å². The first-order chi connectivity index (χ1) is 8.65. The molecular weight excluding hydrogens is 253 g/mol. The zero-order valence-electron chi connectivity index (χ0n) is 9.74. The molecule has 18 heavy (non-hydrogen) atoms. The molecule has 3 nitrogen and oxygen atoms in total. The maximum Gasteiger partial charge on any atom is 0.141 e. The second kappa shape index (κ2) is 5.19. The van der Waals surface area contributed by atoms with E-state index in [1.807, 2.05) is 6.92 Å². The molecule has 1 unspecified atom stereocenters. The van der Waals surface area contributed by atoms with Crippen LogP contribution in [0.25, 0.3) is 11.3 Å². The lowest BCUT2D eigenvalue weighted by Gasteiger charge is -2.02. The van der Waals surface area contributed by atoms with Crippen molar-refractivity contribution in [1.82, 2.24) is 9.97 Å². The zero-order valence-corrected chi connectivity index (χ0v) is 10.5. The Morgan fingerprint density at radius 3 is 2.94 bits per heavy atom. The lowest BCUT2D eigenvalue weighted by Crippen LogP contribution is -1.95. The Morgan fingerprint density at radius 2 is 2.33 bits per heavy atom. The van der Waals surface area contributed by atoms with E-state index in [1.165, 1.54) is 12.1 Å². The van der Waals surface area contributed by atoms with Crippen molar-refractivity contribution < 1.29 is 4.39 Å². The normalized spacial score (nSPS) is 12.1. The van der Waals surface area contributed by atoms with Gasteiger partial charge in [0.2, 0.25) is 0 Å². The second-order valence-corrected chi connectivity index (χ2v) is 4.31. The van der Waals surface area contributed by atoms with Crippen molar-refractivity contribution in [1.29, 1.82) is 5.26 Å². The summed E-state index contributed by atoms with van der Waals surface area (Å²) in [5.41, 5.74) is 1.47. The fourth-order valence-corrected chi connectivity index (χ4v) is 1.85. The van der Waals surface area contributed by atoms with Gasteiger partial charge in [0.15, 0.2) is 0 Å². The average Bonchev–Trinajstić information content (AvgIpc) is 2.84. The van der Waals surface area contributed by atoms with Gasteiger partial charge < -0.3 is 4.98 Å².